The Kier molecular flexibility index (Phi) is 5.37. The summed E-state index contributed by atoms with van der Waals surface area (Å²) in [6, 6.07) is 4.44. The van der Waals surface area contributed by atoms with Crippen LogP contribution < -0.4 is 0 Å². The molecular formula is C24H24Cl2N6O3. The van der Waals surface area contributed by atoms with E-state index in [9.17, 15) is 9.59 Å². The molecule has 1 aromatic carbocycles. The topological polar surface area (TPSA) is 97.4 Å². The first kappa shape index (κ1) is 22.5. The van der Waals surface area contributed by atoms with Gasteiger partial charge < -0.3 is 14.3 Å². The summed E-state index contributed by atoms with van der Waals surface area (Å²) in [6.45, 7) is 5.25. The van der Waals surface area contributed by atoms with Gasteiger partial charge in [-0.05, 0) is 44.9 Å². The zero-order chi connectivity index (χ0) is 24.4. The molecule has 1 aliphatic carbocycles. The molecule has 4 heterocycles. The van der Waals surface area contributed by atoms with Gasteiger partial charge in [0, 0.05) is 36.1 Å². The monoisotopic (exact) mass is 514 g/mol. The number of halogens is 2. The second-order valence-corrected chi connectivity index (χ2v) is 10.4. The third kappa shape index (κ3) is 3.81. The molecule has 0 N–H and O–H groups in total. The third-order valence-corrected chi connectivity index (χ3v) is 7.89. The van der Waals surface area contributed by atoms with Crippen molar-refractivity contribution in [1.82, 2.24) is 29.7 Å². The molecule has 35 heavy (non-hydrogen) atoms. The van der Waals surface area contributed by atoms with Crippen molar-refractivity contribution in [2.24, 2.45) is 0 Å². The van der Waals surface area contributed by atoms with Gasteiger partial charge in [0.25, 0.3) is 11.8 Å². The summed E-state index contributed by atoms with van der Waals surface area (Å²) in [4.78, 5) is 35.1. The molecule has 11 heteroatoms. The molecule has 0 bridgehead atoms. The van der Waals surface area contributed by atoms with Crippen LogP contribution in [0.3, 0.4) is 0 Å². The van der Waals surface area contributed by atoms with E-state index in [0.717, 1.165) is 29.9 Å². The van der Waals surface area contributed by atoms with Gasteiger partial charge in [-0.25, -0.2) is 0 Å². The van der Waals surface area contributed by atoms with Crippen LogP contribution in [-0.2, 0) is 19.5 Å². The molecule has 2 aromatic heterocycles. The fraction of sp³-hybridized carbons (Fsp3) is 0.458. The van der Waals surface area contributed by atoms with Crippen LogP contribution in [0.25, 0.3) is 0 Å². The molecule has 6 rings (SSSR count). The number of carbonyl (C=O) groups excluding carboxylic acids is 2. The molecule has 182 valence electrons. The third-order valence-electron chi connectivity index (χ3n) is 7.15. The second-order valence-electron chi connectivity index (χ2n) is 9.55. The Morgan fingerprint density at radius 2 is 2.00 bits per heavy atom. The Labute approximate surface area is 212 Å². The molecule has 3 aromatic rings. The number of carbonyl (C=O) groups is 2. The number of amides is 2. The lowest BCUT2D eigenvalue weighted by Gasteiger charge is -2.34. The van der Waals surface area contributed by atoms with Crippen LogP contribution in [0.15, 0.2) is 22.7 Å². The van der Waals surface area contributed by atoms with Crippen LogP contribution in [0.4, 0.5) is 0 Å². The average molecular weight is 515 g/mol. The summed E-state index contributed by atoms with van der Waals surface area (Å²) in [7, 11) is 0. The molecule has 0 radical (unpaired) electrons. The van der Waals surface area contributed by atoms with E-state index in [4.69, 9.17) is 32.8 Å². The number of hydrogen-bond acceptors (Lipinski definition) is 6. The quantitative estimate of drug-likeness (QED) is 0.515. The second kappa shape index (κ2) is 8.34. The first-order valence-electron chi connectivity index (χ1n) is 11.8. The largest absolute Gasteiger partial charge is 0.337 e. The fourth-order valence-electron chi connectivity index (χ4n) is 4.93. The van der Waals surface area contributed by atoms with Crippen molar-refractivity contribution in [1.29, 1.82) is 0 Å². The highest BCUT2D eigenvalue weighted by atomic mass is 35.5. The standard InChI is InChI=1S/C24H24Cl2N6O3/c1-12-9-19-16(11-31(12)23(33)15-5-6-17(25)18(26)10-15)20-24(34)30(7-8-32(20)28-19)13(2)22-27-21(29-35-22)14-3-4-14/h5-6,10,12-14H,3-4,7-9,11H2,1-2H3/t12-,13?/m1/s1. The van der Waals surface area contributed by atoms with Crippen molar-refractivity contribution in [2.45, 2.75) is 64.2 Å². The van der Waals surface area contributed by atoms with Crippen LogP contribution >= 0.6 is 23.2 Å². The molecule has 9 nitrogen and oxygen atoms in total. The number of benzene rings is 1. The Morgan fingerprint density at radius 1 is 1.20 bits per heavy atom. The molecule has 1 saturated carbocycles. The number of fused-ring (bicyclic) bond motifs is 3. The highest BCUT2D eigenvalue weighted by molar-refractivity contribution is 6.42. The normalized spacial score (nSPS) is 20.6. The van der Waals surface area contributed by atoms with Crippen LogP contribution in [0.5, 0.6) is 0 Å². The van der Waals surface area contributed by atoms with E-state index in [0.29, 0.717) is 59.2 Å². The van der Waals surface area contributed by atoms with Crippen molar-refractivity contribution < 1.29 is 14.1 Å². The first-order chi connectivity index (χ1) is 16.8. The SMILES string of the molecule is CC(c1nc(C2CC2)no1)N1CCn2nc3c(c2C1=O)CN(C(=O)c1ccc(Cl)c(Cl)c1)[C@H](C)C3. The van der Waals surface area contributed by atoms with Gasteiger partial charge in [0.1, 0.15) is 11.7 Å². The van der Waals surface area contributed by atoms with E-state index in [1.165, 1.54) is 0 Å². The summed E-state index contributed by atoms with van der Waals surface area (Å²) in [5, 5.41) is 9.55. The minimum absolute atomic E-state index is 0.0780. The van der Waals surface area contributed by atoms with Crippen molar-refractivity contribution in [3.63, 3.8) is 0 Å². The van der Waals surface area contributed by atoms with Crippen molar-refractivity contribution in [2.75, 3.05) is 6.54 Å². The summed E-state index contributed by atoms with van der Waals surface area (Å²) in [5.74, 6) is 1.26. The summed E-state index contributed by atoms with van der Waals surface area (Å²) in [5.41, 5.74) is 2.64. The van der Waals surface area contributed by atoms with Gasteiger partial charge in [-0.2, -0.15) is 10.1 Å². The first-order valence-corrected chi connectivity index (χ1v) is 12.6. The minimum atomic E-state index is -0.349. The highest BCUT2D eigenvalue weighted by Crippen LogP contribution is 2.39. The fourth-order valence-corrected chi connectivity index (χ4v) is 5.23. The average Bonchev–Trinajstić information content (AvgIpc) is 3.45. The Balaban J connectivity index is 1.28. The molecule has 1 fully saturated rings. The van der Waals surface area contributed by atoms with Crippen molar-refractivity contribution in [3.8, 4) is 0 Å². The molecule has 2 atom stereocenters. The van der Waals surface area contributed by atoms with Crippen molar-refractivity contribution >= 4 is 35.0 Å². The number of rotatable bonds is 4. The van der Waals surface area contributed by atoms with Gasteiger partial charge in [-0.3, -0.25) is 14.3 Å². The van der Waals surface area contributed by atoms with Gasteiger partial charge in [0.15, 0.2) is 5.82 Å². The van der Waals surface area contributed by atoms with E-state index in [1.54, 1.807) is 32.7 Å². The highest BCUT2D eigenvalue weighted by Gasteiger charge is 2.40. The lowest BCUT2D eigenvalue weighted by atomic mass is 9.97. The zero-order valence-electron chi connectivity index (χ0n) is 19.4. The van der Waals surface area contributed by atoms with Crippen LogP contribution in [0.2, 0.25) is 10.0 Å². The smallest absolute Gasteiger partial charge is 0.273 e. The molecule has 2 amide bonds. The van der Waals surface area contributed by atoms with Crippen molar-refractivity contribution in [3.05, 3.63) is 62.5 Å². The predicted octanol–water partition coefficient (Wildman–Crippen LogP) is 4.25. The molecule has 0 saturated heterocycles. The summed E-state index contributed by atoms with van der Waals surface area (Å²) < 4.78 is 7.27. The lowest BCUT2D eigenvalue weighted by Crippen LogP contribution is -2.44. The molecule has 1 unspecified atom stereocenters. The van der Waals surface area contributed by atoms with E-state index in [1.807, 2.05) is 13.8 Å². The maximum atomic E-state index is 13.7. The van der Waals surface area contributed by atoms with Crippen LogP contribution in [-0.4, -0.2) is 54.1 Å². The maximum Gasteiger partial charge on any atom is 0.273 e. The van der Waals surface area contributed by atoms with E-state index in [2.05, 4.69) is 10.1 Å². The number of nitrogens with zero attached hydrogens (tertiary/aromatic N) is 6. The number of aromatic nitrogens is 4. The van der Waals surface area contributed by atoms with Gasteiger partial charge in [0.2, 0.25) is 5.89 Å². The summed E-state index contributed by atoms with van der Waals surface area (Å²) in [6.07, 6.45) is 2.73. The van der Waals surface area contributed by atoms with Crippen LogP contribution in [0, 0.1) is 0 Å². The zero-order valence-corrected chi connectivity index (χ0v) is 20.9. The molecule has 3 aliphatic rings. The van der Waals surface area contributed by atoms with Gasteiger partial charge in [-0.15, -0.1) is 0 Å². The Morgan fingerprint density at radius 3 is 2.74 bits per heavy atom. The van der Waals surface area contributed by atoms with E-state index < -0.39 is 0 Å². The van der Waals surface area contributed by atoms with E-state index >= 15 is 0 Å². The Hall–Kier alpha value is -2.91. The van der Waals surface area contributed by atoms with Crippen LogP contribution in [0.1, 0.15) is 82.5 Å². The maximum absolute atomic E-state index is 13.7. The Bertz CT molecular complexity index is 1350. The van der Waals surface area contributed by atoms with Gasteiger partial charge in [-0.1, -0.05) is 28.4 Å². The van der Waals surface area contributed by atoms with Gasteiger partial charge in [0.05, 0.1) is 28.8 Å². The predicted molar refractivity (Wildman–Crippen MR) is 127 cm³/mol. The molecule has 0 spiro atoms. The lowest BCUT2D eigenvalue weighted by molar-refractivity contribution is 0.0576. The molecule has 2 aliphatic heterocycles. The minimum Gasteiger partial charge on any atom is -0.337 e. The van der Waals surface area contributed by atoms with Gasteiger partial charge >= 0.3 is 0 Å². The van der Waals surface area contributed by atoms with E-state index in [-0.39, 0.29) is 23.9 Å². The molecular weight excluding hydrogens is 491 g/mol. The number of hydrogen-bond donors (Lipinski definition) is 0. The summed E-state index contributed by atoms with van der Waals surface area (Å²) >= 11 is 12.2.